The standard InChI is InChI=1S/C14H21F2N/c1-10(2)13(9-17-4)11-5-7-12(8-6-11)14(3,15)16/h5-8,10,13,17H,9H2,1-4H3. The molecule has 0 aliphatic heterocycles. The van der Waals surface area contributed by atoms with Gasteiger partial charge in [-0.2, -0.15) is 0 Å². The highest BCUT2D eigenvalue weighted by Crippen LogP contribution is 2.29. The van der Waals surface area contributed by atoms with Crippen LogP contribution in [-0.4, -0.2) is 13.6 Å². The number of likely N-dealkylation sites (N-methyl/N-ethyl adjacent to an activating group) is 1. The van der Waals surface area contributed by atoms with Crippen molar-refractivity contribution in [2.24, 2.45) is 5.92 Å². The summed E-state index contributed by atoms with van der Waals surface area (Å²) >= 11 is 0. The summed E-state index contributed by atoms with van der Waals surface area (Å²) < 4.78 is 26.2. The highest BCUT2D eigenvalue weighted by molar-refractivity contribution is 5.28. The molecular weight excluding hydrogens is 220 g/mol. The van der Waals surface area contributed by atoms with E-state index in [9.17, 15) is 8.78 Å². The summed E-state index contributed by atoms with van der Waals surface area (Å²) in [5.41, 5.74) is 1.19. The van der Waals surface area contributed by atoms with Gasteiger partial charge in [0.25, 0.3) is 5.92 Å². The van der Waals surface area contributed by atoms with Gasteiger partial charge in [0.05, 0.1) is 0 Å². The molecule has 0 saturated carbocycles. The van der Waals surface area contributed by atoms with E-state index >= 15 is 0 Å². The molecule has 1 atom stereocenters. The van der Waals surface area contributed by atoms with Gasteiger partial charge in [0.2, 0.25) is 0 Å². The van der Waals surface area contributed by atoms with Crippen LogP contribution in [0.2, 0.25) is 0 Å². The number of hydrogen-bond donors (Lipinski definition) is 1. The first-order valence-electron chi connectivity index (χ1n) is 5.99. The van der Waals surface area contributed by atoms with E-state index in [2.05, 4.69) is 19.2 Å². The molecule has 1 nitrogen and oxygen atoms in total. The Bertz CT molecular complexity index is 338. The Morgan fingerprint density at radius 1 is 1.18 bits per heavy atom. The minimum Gasteiger partial charge on any atom is -0.319 e. The van der Waals surface area contributed by atoms with E-state index in [1.165, 1.54) is 12.1 Å². The van der Waals surface area contributed by atoms with Gasteiger partial charge in [-0.1, -0.05) is 38.1 Å². The second-order valence-corrected chi connectivity index (χ2v) is 4.92. The van der Waals surface area contributed by atoms with Crippen LogP contribution in [0.1, 0.15) is 37.8 Å². The predicted octanol–water partition coefficient (Wildman–Crippen LogP) is 3.76. The minimum atomic E-state index is -2.76. The highest BCUT2D eigenvalue weighted by Gasteiger charge is 2.24. The van der Waals surface area contributed by atoms with E-state index in [4.69, 9.17) is 0 Å². The van der Waals surface area contributed by atoms with Gasteiger partial charge in [0.15, 0.2) is 0 Å². The maximum Gasteiger partial charge on any atom is 0.270 e. The molecule has 0 radical (unpaired) electrons. The Balaban J connectivity index is 2.92. The van der Waals surface area contributed by atoms with Gasteiger partial charge in [-0.25, -0.2) is 8.78 Å². The third kappa shape index (κ3) is 3.77. The summed E-state index contributed by atoms with van der Waals surface area (Å²) in [6.45, 7) is 6.07. The molecule has 1 N–H and O–H groups in total. The van der Waals surface area contributed by atoms with Crippen molar-refractivity contribution < 1.29 is 8.78 Å². The fourth-order valence-electron chi connectivity index (χ4n) is 1.98. The molecule has 0 bridgehead atoms. The average Bonchev–Trinajstić information content (AvgIpc) is 2.24. The van der Waals surface area contributed by atoms with Crippen LogP contribution in [0, 0.1) is 5.92 Å². The molecule has 0 fully saturated rings. The molecule has 0 aliphatic carbocycles. The molecule has 0 aliphatic rings. The normalized spacial score (nSPS) is 14.1. The van der Waals surface area contributed by atoms with Crippen molar-refractivity contribution in [3.8, 4) is 0 Å². The summed E-state index contributed by atoms with van der Waals surface area (Å²) in [6, 6.07) is 6.68. The van der Waals surface area contributed by atoms with Crippen LogP contribution < -0.4 is 5.32 Å². The summed E-state index contributed by atoms with van der Waals surface area (Å²) in [5.74, 6) is -1.91. The van der Waals surface area contributed by atoms with Gasteiger partial charge in [-0.05, 0) is 24.4 Å². The molecule has 0 aromatic heterocycles. The molecule has 17 heavy (non-hydrogen) atoms. The molecular formula is C14H21F2N. The van der Waals surface area contributed by atoms with E-state index < -0.39 is 5.92 Å². The molecule has 1 aromatic rings. The number of benzene rings is 1. The first kappa shape index (κ1) is 14.1. The Hall–Kier alpha value is -0.960. The molecule has 0 amide bonds. The second-order valence-electron chi connectivity index (χ2n) is 4.92. The maximum atomic E-state index is 13.1. The molecule has 1 aromatic carbocycles. The number of nitrogens with one attached hydrogen (secondary N) is 1. The Labute approximate surface area is 102 Å². The van der Waals surface area contributed by atoms with Crippen molar-refractivity contribution in [1.82, 2.24) is 5.32 Å². The summed E-state index contributed by atoms with van der Waals surface area (Å²) in [7, 11) is 1.91. The average molecular weight is 241 g/mol. The Morgan fingerprint density at radius 3 is 2.06 bits per heavy atom. The lowest BCUT2D eigenvalue weighted by Gasteiger charge is -2.21. The molecule has 3 heteroatoms. The smallest absolute Gasteiger partial charge is 0.270 e. The zero-order chi connectivity index (χ0) is 13.1. The molecule has 96 valence electrons. The van der Waals surface area contributed by atoms with Crippen molar-refractivity contribution in [3.63, 3.8) is 0 Å². The molecule has 1 unspecified atom stereocenters. The lowest BCUT2D eigenvalue weighted by atomic mass is 9.87. The zero-order valence-corrected chi connectivity index (χ0v) is 10.9. The third-order valence-corrected chi connectivity index (χ3v) is 3.07. The zero-order valence-electron chi connectivity index (χ0n) is 10.9. The summed E-state index contributed by atoms with van der Waals surface area (Å²) in [5, 5.41) is 3.14. The SMILES string of the molecule is CNCC(c1ccc(C(C)(F)F)cc1)C(C)C. The highest BCUT2D eigenvalue weighted by atomic mass is 19.3. The van der Waals surface area contributed by atoms with Gasteiger partial charge >= 0.3 is 0 Å². The second kappa shape index (κ2) is 5.58. The first-order valence-corrected chi connectivity index (χ1v) is 5.99. The Kier molecular flexibility index (Phi) is 4.63. The topological polar surface area (TPSA) is 12.0 Å². The fourth-order valence-corrected chi connectivity index (χ4v) is 1.98. The van der Waals surface area contributed by atoms with E-state index in [-0.39, 0.29) is 5.56 Å². The largest absolute Gasteiger partial charge is 0.319 e. The van der Waals surface area contributed by atoms with Crippen molar-refractivity contribution in [2.45, 2.75) is 32.6 Å². The van der Waals surface area contributed by atoms with E-state index in [1.54, 1.807) is 0 Å². The van der Waals surface area contributed by atoms with Gasteiger partial charge in [-0.15, -0.1) is 0 Å². The van der Waals surface area contributed by atoms with E-state index in [0.717, 1.165) is 19.0 Å². The van der Waals surface area contributed by atoms with Crippen LogP contribution >= 0.6 is 0 Å². The molecule has 0 spiro atoms. The van der Waals surface area contributed by atoms with E-state index in [1.807, 2.05) is 19.2 Å². The lowest BCUT2D eigenvalue weighted by molar-refractivity contribution is 0.0174. The predicted molar refractivity (Wildman–Crippen MR) is 67.5 cm³/mol. The van der Waals surface area contributed by atoms with Gasteiger partial charge in [0, 0.05) is 19.0 Å². The first-order chi connectivity index (χ1) is 7.86. The maximum absolute atomic E-state index is 13.1. The van der Waals surface area contributed by atoms with Crippen LogP contribution in [-0.2, 0) is 5.92 Å². The van der Waals surface area contributed by atoms with Crippen molar-refractivity contribution in [2.75, 3.05) is 13.6 Å². The van der Waals surface area contributed by atoms with Crippen LogP contribution in [0.3, 0.4) is 0 Å². The summed E-state index contributed by atoms with van der Waals surface area (Å²) in [6.07, 6.45) is 0. The fraction of sp³-hybridized carbons (Fsp3) is 0.571. The van der Waals surface area contributed by atoms with Crippen molar-refractivity contribution >= 4 is 0 Å². The molecule has 1 rings (SSSR count). The van der Waals surface area contributed by atoms with Crippen LogP contribution in [0.15, 0.2) is 24.3 Å². The minimum absolute atomic E-state index is 0.0770. The van der Waals surface area contributed by atoms with E-state index in [0.29, 0.717) is 11.8 Å². The molecule has 0 saturated heterocycles. The third-order valence-electron chi connectivity index (χ3n) is 3.07. The van der Waals surface area contributed by atoms with Crippen molar-refractivity contribution in [3.05, 3.63) is 35.4 Å². The number of halogens is 2. The number of hydrogen-bond acceptors (Lipinski definition) is 1. The van der Waals surface area contributed by atoms with Crippen molar-refractivity contribution in [1.29, 1.82) is 0 Å². The summed E-state index contributed by atoms with van der Waals surface area (Å²) in [4.78, 5) is 0. The Morgan fingerprint density at radius 2 is 1.71 bits per heavy atom. The van der Waals surface area contributed by atoms with Crippen LogP contribution in [0.5, 0.6) is 0 Å². The van der Waals surface area contributed by atoms with Gasteiger partial charge < -0.3 is 5.32 Å². The quantitative estimate of drug-likeness (QED) is 0.827. The van der Waals surface area contributed by atoms with Gasteiger partial charge in [-0.3, -0.25) is 0 Å². The van der Waals surface area contributed by atoms with Crippen LogP contribution in [0.25, 0.3) is 0 Å². The van der Waals surface area contributed by atoms with Gasteiger partial charge in [0.1, 0.15) is 0 Å². The monoisotopic (exact) mass is 241 g/mol. The number of rotatable bonds is 5. The number of alkyl halides is 2. The molecule has 0 heterocycles. The van der Waals surface area contributed by atoms with Crippen LogP contribution in [0.4, 0.5) is 8.78 Å². The lowest BCUT2D eigenvalue weighted by Crippen LogP contribution is -2.21.